The second kappa shape index (κ2) is 5.35. The van der Waals surface area contributed by atoms with Crippen LogP contribution in [0.2, 0.25) is 0 Å². The van der Waals surface area contributed by atoms with E-state index in [9.17, 15) is 14.4 Å². The van der Waals surface area contributed by atoms with Crippen LogP contribution in [0.15, 0.2) is 0 Å². The third kappa shape index (κ3) is 7.04. The Morgan fingerprint density at radius 1 is 1.00 bits per heavy atom. The van der Waals surface area contributed by atoms with Gasteiger partial charge in [-0.3, -0.25) is 0 Å². The van der Waals surface area contributed by atoms with Crippen molar-refractivity contribution in [1.29, 1.82) is 0 Å². The van der Waals surface area contributed by atoms with Gasteiger partial charge in [-0.1, -0.05) is 0 Å². The predicted molar refractivity (Wildman–Crippen MR) is 48.7 cm³/mol. The molecule has 8 N–H and O–H groups in total. The largest absolute Gasteiger partial charge is 0.424 e. The molecule has 0 aromatic rings. The minimum absolute atomic E-state index is 0.746. The highest BCUT2D eigenvalue weighted by Crippen LogP contribution is 2.15. The topological polar surface area (TPSA) is 204 Å². The summed E-state index contributed by atoms with van der Waals surface area (Å²) in [5.74, 6) is -2.66. The Balaban J connectivity index is 4.73. The lowest BCUT2D eigenvalue weighted by atomic mass is 10.6. The highest BCUT2D eigenvalue weighted by Gasteiger charge is 2.39. The highest BCUT2D eigenvalue weighted by molar-refractivity contribution is 5.70. The van der Waals surface area contributed by atoms with Crippen molar-refractivity contribution in [3.8, 4) is 0 Å². The third-order valence-corrected chi connectivity index (χ3v) is 1.12. The van der Waals surface area contributed by atoms with Gasteiger partial charge in [0.15, 0.2) is 0 Å². The van der Waals surface area contributed by atoms with Crippen LogP contribution in [0.3, 0.4) is 0 Å². The zero-order valence-electron chi connectivity index (χ0n) is 8.95. The summed E-state index contributed by atoms with van der Waals surface area (Å²) in [6.45, 7) is 0.746. The van der Waals surface area contributed by atoms with E-state index in [4.69, 9.17) is 15.3 Å². The maximum absolute atomic E-state index is 11.0. The first-order chi connectivity index (χ1) is 7.93. The summed E-state index contributed by atoms with van der Waals surface area (Å²) >= 11 is 0. The fraction of sp³-hybridized carbons (Fsp3) is 0.500. The smallest absolute Gasteiger partial charge is 0.371 e. The van der Waals surface area contributed by atoms with Crippen LogP contribution in [0, 0.1) is 0 Å². The van der Waals surface area contributed by atoms with E-state index in [1.165, 1.54) is 0 Å². The van der Waals surface area contributed by atoms with Crippen molar-refractivity contribution in [2.45, 2.75) is 19.0 Å². The lowest BCUT2D eigenvalue weighted by Gasteiger charge is -2.26. The number of primary amides is 2. The van der Waals surface area contributed by atoms with Crippen molar-refractivity contribution in [3.63, 3.8) is 0 Å². The molecule has 0 aliphatic heterocycles. The number of nitrogens with one attached hydrogen (secondary N) is 1. The van der Waals surface area contributed by atoms with Crippen molar-refractivity contribution >= 4 is 18.3 Å². The third-order valence-electron chi connectivity index (χ3n) is 1.12. The molecule has 3 amide bonds. The summed E-state index contributed by atoms with van der Waals surface area (Å²) in [5.41, 5.74) is 9.21. The van der Waals surface area contributed by atoms with Crippen LogP contribution in [0.4, 0.5) is 14.4 Å². The van der Waals surface area contributed by atoms with Gasteiger partial charge in [-0.2, -0.15) is 0 Å². The molecule has 104 valence electrons. The molecule has 0 spiro atoms. The van der Waals surface area contributed by atoms with Gasteiger partial charge in [-0.25, -0.2) is 19.7 Å². The molecule has 0 unspecified atom stereocenters. The van der Waals surface area contributed by atoms with Crippen LogP contribution < -0.4 is 16.8 Å². The Morgan fingerprint density at radius 3 is 1.67 bits per heavy atom. The Hall–Kier alpha value is -2.31. The summed E-state index contributed by atoms with van der Waals surface area (Å²) in [5, 5.41) is 26.2. The van der Waals surface area contributed by atoms with Crippen molar-refractivity contribution in [1.82, 2.24) is 5.32 Å². The van der Waals surface area contributed by atoms with Crippen LogP contribution in [-0.4, -0.2) is 45.7 Å². The predicted octanol–water partition coefficient (Wildman–Crippen LogP) is -2.83. The molecule has 0 saturated heterocycles. The van der Waals surface area contributed by atoms with Gasteiger partial charge < -0.3 is 41.0 Å². The fourth-order valence-corrected chi connectivity index (χ4v) is 0.759. The molecular weight excluding hydrogens is 258 g/mol. The van der Waals surface area contributed by atoms with E-state index < -0.39 is 30.3 Å². The van der Waals surface area contributed by atoms with E-state index in [1.54, 1.807) is 0 Å². The molecule has 0 heterocycles. The van der Waals surface area contributed by atoms with E-state index >= 15 is 0 Å². The number of nitrogens with two attached hydrogens (primary N) is 2. The van der Waals surface area contributed by atoms with Crippen LogP contribution in [0.5, 0.6) is 0 Å². The molecule has 0 aliphatic rings. The average Bonchev–Trinajstić information content (AvgIpc) is 1.92. The summed E-state index contributed by atoms with van der Waals surface area (Å²) in [6, 6.07) is 0. The van der Waals surface area contributed by atoms with Crippen LogP contribution in [0.1, 0.15) is 6.92 Å². The molecule has 12 nitrogen and oxygen atoms in total. The second-order valence-corrected chi connectivity index (χ2v) is 2.85. The minimum Gasteiger partial charge on any atom is -0.371 e. The Morgan fingerprint density at radius 2 is 1.39 bits per heavy atom. The van der Waals surface area contributed by atoms with Gasteiger partial charge in [0.05, 0.1) is 6.92 Å². The zero-order chi connectivity index (χ0) is 14.6. The first-order valence-electron chi connectivity index (χ1n) is 4.09. The number of aliphatic hydroxyl groups is 3. The van der Waals surface area contributed by atoms with Crippen LogP contribution in [-0.2, 0) is 14.2 Å². The summed E-state index contributed by atoms with van der Waals surface area (Å²) < 4.78 is 12.4. The maximum Gasteiger partial charge on any atom is 0.424 e. The molecule has 0 saturated carbocycles. The van der Waals surface area contributed by atoms with Gasteiger partial charge in [0.25, 0.3) is 0 Å². The standard InChI is InChI=1S/C6H11N3O9/c1-5(16-2(7)10,17-3(8)11)18-4(12)9-6(13,14)15/h13-15H,1H3,(H2,7,10)(H2,8,11)(H,9,12). The fourth-order valence-electron chi connectivity index (χ4n) is 0.759. The molecule has 18 heavy (non-hydrogen) atoms. The number of rotatable bonds is 4. The normalized spacial score (nSPS) is 11.3. The molecule has 0 radical (unpaired) electrons. The Labute approximate surface area is 99.0 Å². The molecule has 0 bridgehead atoms. The molecule has 0 aliphatic carbocycles. The Bertz CT molecular complexity index is 333. The van der Waals surface area contributed by atoms with Gasteiger partial charge in [0.1, 0.15) is 0 Å². The van der Waals surface area contributed by atoms with Gasteiger partial charge >= 0.3 is 30.3 Å². The van der Waals surface area contributed by atoms with E-state index in [0.717, 1.165) is 12.2 Å². The number of ether oxygens (including phenoxy) is 3. The molecule has 0 atom stereocenters. The van der Waals surface area contributed by atoms with Crippen LogP contribution in [0.25, 0.3) is 0 Å². The number of hydrogen-bond donors (Lipinski definition) is 6. The second-order valence-electron chi connectivity index (χ2n) is 2.85. The molecule has 0 aromatic heterocycles. The number of hydrogen-bond acceptors (Lipinski definition) is 9. The first kappa shape index (κ1) is 15.7. The number of carbonyl (C=O) groups is 3. The SMILES string of the molecule is CC(OC(N)=O)(OC(N)=O)OC(=O)NC(O)(O)O. The lowest BCUT2D eigenvalue weighted by Crippen LogP contribution is -2.52. The monoisotopic (exact) mass is 269 g/mol. The molecule has 0 rings (SSSR count). The average molecular weight is 269 g/mol. The lowest BCUT2D eigenvalue weighted by molar-refractivity contribution is -0.332. The summed E-state index contributed by atoms with van der Waals surface area (Å²) in [4.78, 5) is 31.9. The van der Waals surface area contributed by atoms with E-state index in [0.29, 0.717) is 0 Å². The summed E-state index contributed by atoms with van der Waals surface area (Å²) in [6.07, 6.45) is -8.31. The number of carbonyl (C=O) groups excluding carboxylic acids is 3. The van der Waals surface area contributed by atoms with Crippen molar-refractivity contribution in [2.75, 3.05) is 0 Å². The van der Waals surface area contributed by atoms with Gasteiger partial charge in [0, 0.05) is 0 Å². The van der Waals surface area contributed by atoms with Gasteiger partial charge in [-0.05, 0) is 0 Å². The molecule has 12 heteroatoms. The van der Waals surface area contributed by atoms with Crippen molar-refractivity contribution in [3.05, 3.63) is 0 Å². The van der Waals surface area contributed by atoms with E-state index in [2.05, 4.69) is 25.7 Å². The Kier molecular flexibility index (Phi) is 4.66. The number of amides is 3. The quantitative estimate of drug-likeness (QED) is 0.290. The van der Waals surface area contributed by atoms with Crippen LogP contribution >= 0.6 is 0 Å². The molecular formula is C6H11N3O9. The van der Waals surface area contributed by atoms with Crippen molar-refractivity contribution < 1.29 is 43.9 Å². The van der Waals surface area contributed by atoms with Gasteiger partial charge in [-0.15, -0.1) is 0 Å². The first-order valence-corrected chi connectivity index (χ1v) is 4.09. The van der Waals surface area contributed by atoms with Gasteiger partial charge in [0.2, 0.25) is 0 Å². The molecule has 0 aromatic carbocycles. The minimum atomic E-state index is -3.60. The zero-order valence-corrected chi connectivity index (χ0v) is 8.95. The highest BCUT2D eigenvalue weighted by atomic mass is 16.9. The van der Waals surface area contributed by atoms with E-state index in [-0.39, 0.29) is 0 Å². The van der Waals surface area contributed by atoms with Crippen molar-refractivity contribution in [2.24, 2.45) is 11.5 Å². The number of alkyl carbamates (subject to hydrolysis) is 1. The summed E-state index contributed by atoms with van der Waals surface area (Å²) in [7, 11) is 0. The molecule has 0 fully saturated rings. The van der Waals surface area contributed by atoms with E-state index in [1.807, 2.05) is 0 Å². The maximum atomic E-state index is 11.0.